The Morgan fingerprint density at radius 3 is 2.93 bits per heavy atom. The Bertz CT molecular complexity index is 401. The number of thioether (sulfide) groups is 1. The smallest absolute Gasteiger partial charge is 0.186 e. The molecule has 1 aromatic heterocycles. The van der Waals surface area contributed by atoms with E-state index in [-0.39, 0.29) is 5.12 Å². The second-order valence-electron chi connectivity index (χ2n) is 2.55. The topological polar surface area (TPSA) is 56.0 Å². The van der Waals surface area contributed by atoms with Crippen LogP contribution < -0.4 is 5.73 Å². The van der Waals surface area contributed by atoms with Crippen molar-refractivity contribution in [2.45, 2.75) is 13.8 Å². The van der Waals surface area contributed by atoms with Crippen LogP contribution >= 0.6 is 23.1 Å². The summed E-state index contributed by atoms with van der Waals surface area (Å²) in [6, 6.07) is 0. The summed E-state index contributed by atoms with van der Waals surface area (Å²) in [5.74, 6) is 6.36. The molecule has 0 bridgehead atoms. The molecule has 1 aromatic rings. The molecule has 5 heteroatoms. The van der Waals surface area contributed by atoms with Crippen LogP contribution in [0.1, 0.15) is 17.5 Å². The van der Waals surface area contributed by atoms with Crippen LogP contribution in [0.25, 0.3) is 0 Å². The Balaban J connectivity index is 2.59. The van der Waals surface area contributed by atoms with E-state index in [1.807, 2.05) is 6.92 Å². The van der Waals surface area contributed by atoms with Crippen molar-refractivity contribution in [1.29, 1.82) is 0 Å². The van der Waals surface area contributed by atoms with Crippen molar-refractivity contribution in [3.05, 3.63) is 10.6 Å². The van der Waals surface area contributed by atoms with Crippen LogP contribution in [-0.2, 0) is 4.79 Å². The lowest BCUT2D eigenvalue weighted by atomic mass is 10.4. The number of hydrogen-bond acceptors (Lipinski definition) is 5. The summed E-state index contributed by atoms with van der Waals surface area (Å²) in [6.07, 6.45) is 0. The molecule has 0 fully saturated rings. The quantitative estimate of drug-likeness (QED) is 0.740. The molecule has 1 rings (SSSR count). The summed E-state index contributed by atoms with van der Waals surface area (Å²) in [7, 11) is 0. The van der Waals surface area contributed by atoms with Crippen molar-refractivity contribution in [2.75, 3.05) is 11.5 Å². The second kappa shape index (κ2) is 5.03. The first-order valence-electron chi connectivity index (χ1n) is 3.94. The summed E-state index contributed by atoms with van der Waals surface area (Å²) < 4.78 is 0. The molecule has 0 aliphatic rings. The average Bonchev–Trinajstić information content (AvgIpc) is 2.39. The number of rotatable bonds is 1. The van der Waals surface area contributed by atoms with E-state index in [2.05, 4.69) is 16.8 Å². The lowest BCUT2D eigenvalue weighted by Gasteiger charge is -1.84. The number of carbonyl (C=O) groups is 1. The van der Waals surface area contributed by atoms with Crippen LogP contribution in [0.15, 0.2) is 0 Å². The highest BCUT2D eigenvalue weighted by atomic mass is 32.2. The Morgan fingerprint density at radius 2 is 2.43 bits per heavy atom. The monoisotopic (exact) mass is 226 g/mol. The molecule has 0 saturated carbocycles. The number of nitrogens with two attached hydrogens (primary N) is 1. The molecule has 2 N–H and O–H groups in total. The van der Waals surface area contributed by atoms with E-state index in [1.165, 1.54) is 30.0 Å². The number of hydrogen-bond donors (Lipinski definition) is 1. The Morgan fingerprint density at radius 1 is 1.71 bits per heavy atom. The van der Waals surface area contributed by atoms with Gasteiger partial charge in [0.1, 0.15) is 4.88 Å². The molecule has 0 aliphatic heterocycles. The Labute approximate surface area is 91.1 Å². The van der Waals surface area contributed by atoms with Gasteiger partial charge in [0.2, 0.25) is 0 Å². The predicted molar refractivity (Wildman–Crippen MR) is 61.3 cm³/mol. The van der Waals surface area contributed by atoms with Crippen molar-refractivity contribution >= 4 is 33.3 Å². The highest BCUT2D eigenvalue weighted by Crippen LogP contribution is 2.17. The zero-order valence-corrected chi connectivity index (χ0v) is 9.59. The maximum absolute atomic E-state index is 10.6. The summed E-state index contributed by atoms with van der Waals surface area (Å²) >= 11 is 2.58. The van der Waals surface area contributed by atoms with Crippen molar-refractivity contribution in [1.82, 2.24) is 4.98 Å². The first-order chi connectivity index (χ1) is 6.59. The highest BCUT2D eigenvalue weighted by Gasteiger charge is 2.00. The Hall–Kier alpha value is -0.990. The fourth-order valence-electron chi connectivity index (χ4n) is 0.787. The number of aryl methyl sites for hydroxylation is 1. The second-order valence-corrected chi connectivity index (χ2v) is 4.73. The van der Waals surface area contributed by atoms with Crippen LogP contribution in [0, 0.1) is 18.8 Å². The van der Waals surface area contributed by atoms with Gasteiger partial charge in [0.25, 0.3) is 0 Å². The third-order valence-corrected chi connectivity index (χ3v) is 2.96. The minimum atomic E-state index is 0.0832. The third kappa shape index (κ3) is 3.40. The van der Waals surface area contributed by atoms with Gasteiger partial charge in [-0.3, -0.25) is 4.79 Å². The van der Waals surface area contributed by atoms with Crippen molar-refractivity contribution in [3.8, 4) is 11.8 Å². The van der Waals surface area contributed by atoms with Crippen LogP contribution in [0.3, 0.4) is 0 Å². The fraction of sp³-hybridized carbons (Fsp3) is 0.333. The van der Waals surface area contributed by atoms with Crippen LogP contribution in [0.5, 0.6) is 0 Å². The zero-order valence-electron chi connectivity index (χ0n) is 7.96. The predicted octanol–water partition coefficient (Wildman–Crippen LogP) is 1.66. The maximum Gasteiger partial charge on any atom is 0.186 e. The molecule has 74 valence electrons. The van der Waals surface area contributed by atoms with E-state index in [1.54, 1.807) is 0 Å². The van der Waals surface area contributed by atoms with Gasteiger partial charge >= 0.3 is 0 Å². The van der Waals surface area contributed by atoms with Crippen LogP contribution in [0.2, 0.25) is 0 Å². The first-order valence-corrected chi connectivity index (χ1v) is 5.75. The molecule has 0 aliphatic carbocycles. The minimum Gasteiger partial charge on any atom is -0.375 e. The summed E-state index contributed by atoms with van der Waals surface area (Å²) in [5.41, 5.74) is 6.37. The van der Waals surface area contributed by atoms with Gasteiger partial charge in [0.15, 0.2) is 10.2 Å². The molecule has 3 nitrogen and oxygen atoms in total. The molecule has 0 saturated heterocycles. The van der Waals surface area contributed by atoms with E-state index in [0.29, 0.717) is 10.9 Å². The van der Waals surface area contributed by atoms with E-state index >= 15 is 0 Å². The van der Waals surface area contributed by atoms with Gasteiger partial charge in [0.05, 0.1) is 11.4 Å². The van der Waals surface area contributed by atoms with E-state index in [4.69, 9.17) is 5.73 Å². The highest BCUT2D eigenvalue weighted by molar-refractivity contribution is 8.13. The SMILES string of the molecule is CC(=O)SCC#Cc1sc(N)nc1C. The van der Waals surface area contributed by atoms with E-state index in [0.717, 1.165) is 10.6 Å². The first kappa shape index (κ1) is 11.1. The molecule has 1 heterocycles. The molecule has 0 aromatic carbocycles. The van der Waals surface area contributed by atoms with Gasteiger partial charge in [0, 0.05) is 6.92 Å². The van der Waals surface area contributed by atoms with Crippen LogP contribution in [-0.4, -0.2) is 15.9 Å². The summed E-state index contributed by atoms with van der Waals surface area (Å²) in [5, 5.41) is 0.617. The van der Waals surface area contributed by atoms with Gasteiger partial charge in [-0.25, -0.2) is 4.98 Å². The largest absolute Gasteiger partial charge is 0.375 e. The molecule has 0 amide bonds. The molecule has 0 radical (unpaired) electrons. The molecular formula is C9H10N2OS2. The van der Waals surface area contributed by atoms with Crippen molar-refractivity contribution in [3.63, 3.8) is 0 Å². The summed E-state index contributed by atoms with van der Waals surface area (Å²) in [4.78, 5) is 15.5. The number of nitrogens with zero attached hydrogens (tertiary/aromatic N) is 1. The van der Waals surface area contributed by atoms with Crippen molar-refractivity contribution in [2.24, 2.45) is 0 Å². The van der Waals surface area contributed by atoms with Gasteiger partial charge in [-0.2, -0.15) is 0 Å². The van der Waals surface area contributed by atoms with E-state index in [9.17, 15) is 4.79 Å². The van der Waals surface area contributed by atoms with Crippen molar-refractivity contribution < 1.29 is 4.79 Å². The summed E-state index contributed by atoms with van der Waals surface area (Å²) in [6.45, 7) is 3.40. The number of thiazole rings is 1. The lowest BCUT2D eigenvalue weighted by Crippen LogP contribution is -1.82. The standard InChI is InChI=1S/C9H10N2OS2/c1-6-8(14-9(10)11-6)4-3-5-13-7(2)12/h5H2,1-2H3,(H2,10,11). The fourth-order valence-corrected chi connectivity index (χ4v) is 1.84. The molecule has 0 spiro atoms. The van der Waals surface area contributed by atoms with E-state index < -0.39 is 0 Å². The zero-order chi connectivity index (χ0) is 10.6. The molecule has 0 atom stereocenters. The van der Waals surface area contributed by atoms with Gasteiger partial charge in [-0.15, -0.1) is 0 Å². The normalized spacial score (nSPS) is 9.29. The van der Waals surface area contributed by atoms with Crippen LogP contribution in [0.4, 0.5) is 5.13 Å². The number of carbonyl (C=O) groups excluding carboxylic acids is 1. The number of nitrogen functional groups attached to an aromatic ring is 1. The average molecular weight is 226 g/mol. The molecule has 0 unspecified atom stereocenters. The number of aromatic nitrogens is 1. The molecular weight excluding hydrogens is 216 g/mol. The lowest BCUT2D eigenvalue weighted by molar-refractivity contribution is -0.109. The van der Waals surface area contributed by atoms with Gasteiger partial charge in [-0.05, 0) is 6.92 Å². The maximum atomic E-state index is 10.6. The minimum absolute atomic E-state index is 0.0832. The van der Waals surface area contributed by atoms with Gasteiger partial charge in [-0.1, -0.05) is 34.9 Å². The van der Waals surface area contributed by atoms with Gasteiger partial charge < -0.3 is 5.73 Å². The Kier molecular flexibility index (Phi) is 3.98. The third-order valence-electron chi connectivity index (χ3n) is 1.36. The molecule has 14 heavy (non-hydrogen) atoms. The number of anilines is 1.